The van der Waals surface area contributed by atoms with Crippen LogP contribution in [0.2, 0.25) is 5.02 Å². The first-order chi connectivity index (χ1) is 10.1. The molecule has 0 unspecified atom stereocenters. The zero-order valence-electron chi connectivity index (χ0n) is 12.1. The first kappa shape index (κ1) is 14.4. The minimum absolute atomic E-state index is 0.221. The third-order valence-electron chi connectivity index (χ3n) is 4.48. The third-order valence-corrected chi connectivity index (χ3v) is 4.71. The van der Waals surface area contributed by atoms with Crippen LogP contribution in [0.1, 0.15) is 32.1 Å². The van der Waals surface area contributed by atoms with Gasteiger partial charge in [-0.25, -0.2) is 4.79 Å². The number of benzene rings is 1. The van der Waals surface area contributed by atoms with Crippen molar-refractivity contribution in [1.82, 2.24) is 9.13 Å². The summed E-state index contributed by atoms with van der Waals surface area (Å²) in [5, 5.41) is 1.03. The minimum atomic E-state index is -0.236. The molecule has 1 fully saturated rings. The van der Waals surface area contributed by atoms with E-state index in [0.717, 1.165) is 12.8 Å². The molecule has 1 aliphatic carbocycles. The number of fused-ring (bicyclic) bond motifs is 1. The van der Waals surface area contributed by atoms with E-state index < -0.39 is 0 Å². The number of hydrogen-bond donors (Lipinski definition) is 0. The van der Waals surface area contributed by atoms with Crippen LogP contribution in [0.3, 0.4) is 0 Å². The molecule has 0 N–H and O–H groups in total. The lowest BCUT2D eigenvalue weighted by atomic mass is 9.89. The maximum atomic E-state index is 12.6. The molecular formula is C16H19ClN2O2. The summed E-state index contributed by atoms with van der Waals surface area (Å²) in [5.74, 6) is 0.431. The molecule has 1 aromatic heterocycles. The molecule has 0 atom stereocenters. The van der Waals surface area contributed by atoms with E-state index in [1.165, 1.54) is 28.4 Å². The Labute approximate surface area is 128 Å². The third kappa shape index (κ3) is 2.64. The SMILES string of the molecule is Cn1c(=O)n(CC2CCCCC2)c(=O)c2cc(Cl)ccc21. The number of nitrogens with zero attached hydrogens (tertiary/aromatic N) is 2. The van der Waals surface area contributed by atoms with Crippen LogP contribution >= 0.6 is 11.6 Å². The van der Waals surface area contributed by atoms with Gasteiger partial charge in [-0.15, -0.1) is 0 Å². The van der Waals surface area contributed by atoms with E-state index >= 15 is 0 Å². The van der Waals surface area contributed by atoms with E-state index in [2.05, 4.69) is 0 Å². The van der Waals surface area contributed by atoms with Gasteiger partial charge in [0.15, 0.2) is 0 Å². The molecule has 1 aromatic carbocycles. The first-order valence-corrected chi connectivity index (χ1v) is 7.85. The van der Waals surface area contributed by atoms with Crippen LogP contribution in [0.25, 0.3) is 10.9 Å². The van der Waals surface area contributed by atoms with Crippen LogP contribution in [-0.4, -0.2) is 9.13 Å². The number of hydrogen-bond acceptors (Lipinski definition) is 2. The van der Waals surface area contributed by atoms with Gasteiger partial charge in [0, 0.05) is 18.6 Å². The van der Waals surface area contributed by atoms with E-state index in [4.69, 9.17) is 11.6 Å². The molecule has 4 nitrogen and oxygen atoms in total. The maximum absolute atomic E-state index is 12.6. The second-order valence-corrected chi connectivity index (χ2v) is 6.36. The van der Waals surface area contributed by atoms with Gasteiger partial charge in [0.05, 0.1) is 10.9 Å². The van der Waals surface area contributed by atoms with Crippen molar-refractivity contribution < 1.29 is 0 Å². The maximum Gasteiger partial charge on any atom is 0.331 e. The minimum Gasteiger partial charge on any atom is -0.296 e. The van der Waals surface area contributed by atoms with Crippen molar-refractivity contribution >= 4 is 22.5 Å². The summed E-state index contributed by atoms with van der Waals surface area (Å²) in [4.78, 5) is 25.1. The van der Waals surface area contributed by atoms with E-state index in [1.807, 2.05) is 0 Å². The van der Waals surface area contributed by atoms with Crippen molar-refractivity contribution in [3.63, 3.8) is 0 Å². The van der Waals surface area contributed by atoms with Crippen LogP contribution in [0, 0.1) is 5.92 Å². The fraction of sp³-hybridized carbons (Fsp3) is 0.500. The van der Waals surface area contributed by atoms with E-state index in [9.17, 15) is 9.59 Å². The van der Waals surface area contributed by atoms with Gasteiger partial charge in [-0.1, -0.05) is 30.9 Å². The van der Waals surface area contributed by atoms with Crippen LogP contribution in [0.15, 0.2) is 27.8 Å². The molecule has 0 bridgehead atoms. The second-order valence-electron chi connectivity index (χ2n) is 5.92. The predicted molar refractivity (Wildman–Crippen MR) is 85.0 cm³/mol. The van der Waals surface area contributed by atoms with Gasteiger partial charge in [-0.05, 0) is 37.0 Å². The van der Waals surface area contributed by atoms with E-state index in [0.29, 0.717) is 28.4 Å². The summed E-state index contributed by atoms with van der Waals surface area (Å²) in [5.41, 5.74) is 0.177. The summed E-state index contributed by atoms with van der Waals surface area (Å²) in [6.45, 7) is 0.522. The molecule has 5 heteroatoms. The van der Waals surface area contributed by atoms with Gasteiger partial charge in [-0.2, -0.15) is 0 Å². The van der Waals surface area contributed by atoms with Crippen LogP contribution in [-0.2, 0) is 13.6 Å². The standard InChI is InChI=1S/C16H19ClN2O2/c1-18-14-8-7-12(17)9-13(14)15(20)19(16(18)21)10-11-5-3-2-4-6-11/h7-9,11H,2-6,10H2,1H3. The number of aryl methyl sites for hydroxylation is 1. The van der Waals surface area contributed by atoms with E-state index in [-0.39, 0.29) is 11.2 Å². The fourth-order valence-corrected chi connectivity index (χ4v) is 3.45. The van der Waals surface area contributed by atoms with Crippen molar-refractivity contribution in [1.29, 1.82) is 0 Å². The van der Waals surface area contributed by atoms with Crippen molar-refractivity contribution in [3.8, 4) is 0 Å². The molecule has 0 spiro atoms. The molecule has 1 heterocycles. The Bertz CT molecular complexity index is 785. The summed E-state index contributed by atoms with van der Waals surface area (Å²) >= 11 is 5.99. The molecule has 0 saturated heterocycles. The molecule has 0 radical (unpaired) electrons. The van der Waals surface area contributed by atoms with Gasteiger partial charge in [0.2, 0.25) is 0 Å². The number of rotatable bonds is 2. The highest BCUT2D eigenvalue weighted by molar-refractivity contribution is 6.31. The van der Waals surface area contributed by atoms with Crippen LogP contribution in [0.5, 0.6) is 0 Å². The topological polar surface area (TPSA) is 44.0 Å². The van der Waals surface area contributed by atoms with E-state index in [1.54, 1.807) is 25.2 Å². The largest absolute Gasteiger partial charge is 0.331 e. The lowest BCUT2D eigenvalue weighted by Crippen LogP contribution is -2.40. The summed E-state index contributed by atoms with van der Waals surface area (Å²) in [6, 6.07) is 5.08. The zero-order chi connectivity index (χ0) is 15.0. The lowest BCUT2D eigenvalue weighted by molar-refractivity contribution is 0.310. The van der Waals surface area contributed by atoms with Gasteiger partial charge >= 0.3 is 5.69 Å². The lowest BCUT2D eigenvalue weighted by Gasteiger charge is -2.22. The van der Waals surface area contributed by atoms with Crippen molar-refractivity contribution in [2.45, 2.75) is 38.6 Å². The highest BCUT2D eigenvalue weighted by atomic mass is 35.5. The average molecular weight is 307 g/mol. The van der Waals surface area contributed by atoms with Crippen molar-refractivity contribution in [3.05, 3.63) is 44.1 Å². The Hall–Kier alpha value is -1.55. The Morgan fingerprint density at radius 1 is 1.19 bits per heavy atom. The Balaban J connectivity index is 2.13. The summed E-state index contributed by atoms with van der Waals surface area (Å²) < 4.78 is 2.92. The summed E-state index contributed by atoms with van der Waals surface area (Å²) in [6.07, 6.45) is 5.85. The molecule has 2 aromatic rings. The van der Waals surface area contributed by atoms with Gasteiger partial charge in [0.1, 0.15) is 0 Å². The Morgan fingerprint density at radius 3 is 2.62 bits per heavy atom. The monoisotopic (exact) mass is 306 g/mol. The smallest absolute Gasteiger partial charge is 0.296 e. The van der Waals surface area contributed by atoms with Crippen molar-refractivity contribution in [2.24, 2.45) is 13.0 Å². The summed E-state index contributed by atoms with van der Waals surface area (Å²) in [7, 11) is 1.70. The van der Waals surface area contributed by atoms with Crippen molar-refractivity contribution in [2.75, 3.05) is 0 Å². The molecule has 21 heavy (non-hydrogen) atoms. The average Bonchev–Trinajstić information content (AvgIpc) is 2.50. The molecule has 1 aliphatic rings. The van der Waals surface area contributed by atoms with Crippen LogP contribution in [0.4, 0.5) is 0 Å². The zero-order valence-corrected chi connectivity index (χ0v) is 12.9. The highest BCUT2D eigenvalue weighted by Gasteiger charge is 2.18. The molecule has 0 amide bonds. The number of halogens is 1. The van der Waals surface area contributed by atoms with Crippen LogP contribution < -0.4 is 11.2 Å². The van der Waals surface area contributed by atoms with Gasteiger partial charge in [-0.3, -0.25) is 13.9 Å². The number of aromatic nitrogens is 2. The quantitative estimate of drug-likeness (QED) is 0.856. The molecule has 0 aliphatic heterocycles. The second kappa shape index (κ2) is 5.68. The fourth-order valence-electron chi connectivity index (χ4n) is 3.28. The molecule has 3 rings (SSSR count). The highest BCUT2D eigenvalue weighted by Crippen LogP contribution is 2.24. The molecule has 112 valence electrons. The molecular weight excluding hydrogens is 288 g/mol. The Morgan fingerprint density at radius 2 is 1.90 bits per heavy atom. The predicted octanol–water partition coefficient (Wildman–Crippen LogP) is 2.93. The normalized spacial score (nSPS) is 16.5. The molecule has 1 saturated carbocycles. The van der Waals surface area contributed by atoms with Gasteiger partial charge < -0.3 is 0 Å². The Kier molecular flexibility index (Phi) is 3.89. The first-order valence-electron chi connectivity index (χ1n) is 7.47. The van der Waals surface area contributed by atoms with Gasteiger partial charge in [0.25, 0.3) is 5.56 Å².